The third kappa shape index (κ3) is 1.85. The Labute approximate surface area is 90.7 Å². The molecule has 2 rings (SSSR count). The van der Waals surface area contributed by atoms with Gasteiger partial charge in [0.1, 0.15) is 5.69 Å². The molecule has 1 aliphatic carbocycles. The quantitative estimate of drug-likeness (QED) is 0.834. The summed E-state index contributed by atoms with van der Waals surface area (Å²) in [4.78, 5) is 0. The summed E-state index contributed by atoms with van der Waals surface area (Å²) in [6, 6.07) is 0. The molecule has 0 amide bonds. The minimum Gasteiger partial charge on any atom is -0.197 e. The molecule has 72 valence electrons. The Morgan fingerprint density at radius 3 is 3.00 bits per heavy atom. The summed E-state index contributed by atoms with van der Waals surface area (Å²) in [6.07, 6.45) is 8.90. The van der Waals surface area contributed by atoms with Crippen LogP contribution in [0.5, 0.6) is 0 Å². The number of H-pyrrole nitrogens is 1. The molecule has 0 fully saturated rings. The van der Waals surface area contributed by atoms with E-state index in [4.69, 9.17) is 0 Å². The van der Waals surface area contributed by atoms with Gasteiger partial charge in [0.15, 0.2) is 0 Å². The van der Waals surface area contributed by atoms with Crippen molar-refractivity contribution in [1.29, 1.82) is 0 Å². The van der Waals surface area contributed by atoms with Gasteiger partial charge in [0.2, 0.25) is 0 Å². The molecule has 0 saturated heterocycles. The smallest absolute Gasteiger partial charge is 0.112 e. The maximum atomic E-state index is 4.07. The van der Waals surface area contributed by atoms with E-state index in [2.05, 4.69) is 50.4 Å². The van der Waals surface area contributed by atoms with Crippen molar-refractivity contribution in [3.8, 4) is 0 Å². The summed E-state index contributed by atoms with van der Waals surface area (Å²) in [6.45, 7) is 2.11. The molecule has 0 saturated carbocycles. The molecule has 0 spiro atoms. The molecule has 0 aliphatic heterocycles. The Bertz CT molecular complexity index is 413. The van der Waals surface area contributed by atoms with Crippen LogP contribution in [0.1, 0.15) is 19.0 Å². The first-order chi connectivity index (χ1) is 6.77. The van der Waals surface area contributed by atoms with Gasteiger partial charge >= 0.3 is 0 Å². The van der Waals surface area contributed by atoms with Crippen molar-refractivity contribution in [2.75, 3.05) is 0 Å². The highest BCUT2D eigenvalue weighted by Crippen LogP contribution is 2.25. The van der Waals surface area contributed by atoms with Crippen LogP contribution >= 0.6 is 15.9 Å². The number of allylic oxidation sites excluding steroid dienone is 6. The molecular formula is C10H10BrN3. The SMILES string of the molecule is CC1=C(c2cn[nH]n2)C=CC(Br)=CC1. The number of rotatable bonds is 1. The maximum absolute atomic E-state index is 4.07. The molecule has 3 nitrogen and oxygen atoms in total. The van der Waals surface area contributed by atoms with Gasteiger partial charge in [-0.3, -0.25) is 0 Å². The molecule has 1 N–H and O–H groups in total. The summed E-state index contributed by atoms with van der Waals surface area (Å²) in [5.74, 6) is 0. The Kier molecular flexibility index (Phi) is 2.63. The third-order valence-electron chi connectivity index (χ3n) is 2.16. The van der Waals surface area contributed by atoms with E-state index in [1.54, 1.807) is 6.20 Å². The number of nitrogens with one attached hydrogen (secondary N) is 1. The first kappa shape index (κ1) is 9.40. The Morgan fingerprint density at radius 1 is 1.43 bits per heavy atom. The zero-order valence-corrected chi connectivity index (χ0v) is 9.37. The first-order valence-electron chi connectivity index (χ1n) is 4.37. The molecular weight excluding hydrogens is 242 g/mol. The second-order valence-corrected chi connectivity index (χ2v) is 4.09. The van der Waals surface area contributed by atoms with Crippen molar-refractivity contribution in [3.05, 3.63) is 40.2 Å². The molecule has 1 heterocycles. The Hall–Kier alpha value is -1.16. The first-order valence-corrected chi connectivity index (χ1v) is 5.16. The number of hydrogen-bond acceptors (Lipinski definition) is 2. The van der Waals surface area contributed by atoms with E-state index in [0.717, 1.165) is 22.2 Å². The van der Waals surface area contributed by atoms with Crippen molar-refractivity contribution in [2.45, 2.75) is 13.3 Å². The van der Waals surface area contributed by atoms with Crippen LogP contribution in [0.4, 0.5) is 0 Å². The number of aromatic nitrogens is 3. The van der Waals surface area contributed by atoms with Gasteiger partial charge in [-0.15, -0.1) is 0 Å². The second-order valence-electron chi connectivity index (χ2n) is 3.18. The van der Waals surface area contributed by atoms with Crippen LogP contribution in [-0.2, 0) is 0 Å². The van der Waals surface area contributed by atoms with Gasteiger partial charge < -0.3 is 0 Å². The fourth-order valence-corrected chi connectivity index (χ4v) is 1.66. The summed E-state index contributed by atoms with van der Waals surface area (Å²) < 4.78 is 1.11. The van der Waals surface area contributed by atoms with Crippen molar-refractivity contribution in [1.82, 2.24) is 15.4 Å². The predicted molar refractivity (Wildman–Crippen MR) is 59.7 cm³/mol. The highest BCUT2D eigenvalue weighted by atomic mass is 79.9. The normalized spacial score (nSPS) is 16.9. The summed E-state index contributed by atoms with van der Waals surface area (Å²) in [5, 5.41) is 10.5. The molecule has 0 bridgehead atoms. The van der Waals surface area contributed by atoms with E-state index in [1.807, 2.05) is 6.08 Å². The summed E-state index contributed by atoms with van der Waals surface area (Å²) >= 11 is 3.46. The lowest BCUT2D eigenvalue weighted by molar-refractivity contribution is 0.935. The zero-order chi connectivity index (χ0) is 9.97. The average molecular weight is 252 g/mol. The van der Waals surface area contributed by atoms with Gasteiger partial charge in [0, 0.05) is 10.1 Å². The highest BCUT2D eigenvalue weighted by molar-refractivity contribution is 9.11. The molecule has 0 aromatic carbocycles. The summed E-state index contributed by atoms with van der Waals surface area (Å²) in [7, 11) is 0. The zero-order valence-electron chi connectivity index (χ0n) is 7.79. The van der Waals surface area contributed by atoms with Gasteiger partial charge in [-0.05, 0) is 19.4 Å². The predicted octanol–water partition coefficient (Wildman–Crippen LogP) is 2.82. The van der Waals surface area contributed by atoms with Crippen molar-refractivity contribution >= 4 is 21.5 Å². The molecule has 0 atom stereocenters. The van der Waals surface area contributed by atoms with Crippen LogP contribution in [0.25, 0.3) is 5.57 Å². The maximum Gasteiger partial charge on any atom is 0.112 e. The lowest BCUT2D eigenvalue weighted by atomic mass is 10.1. The molecule has 1 aromatic rings. The average Bonchev–Trinajstić information content (AvgIpc) is 2.63. The number of aromatic amines is 1. The van der Waals surface area contributed by atoms with Gasteiger partial charge in [0.05, 0.1) is 6.20 Å². The molecule has 14 heavy (non-hydrogen) atoms. The molecule has 1 aliphatic rings. The van der Waals surface area contributed by atoms with Crippen LogP contribution < -0.4 is 0 Å². The minimum atomic E-state index is 0.898. The minimum absolute atomic E-state index is 0.898. The number of nitrogens with zero attached hydrogens (tertiary/aromatic N) is 2. The van der Waals surface area contributed by atoms with Crippen molar-refractivity contribution in [3.63, 3.8) is 0 Å². The van der Waals surface area contributed by atoms with E-state index in [9.17, 15) is 0 Å². The third-order valence-corrected chi connectivity index (χ3v) is 2.75. The van der Waals surface area contributed by atoms with E-state index in [1.165, 1.54) is 5.57 Å². The standard InChI is InChI=1S/C10H10BrN3/c1-7-2-3-8(11)4-5-9(7)10-6-12-14-13-10/h3-6H,2H2,1H3,(H,12,13,14). The highest BCUT2D eigenvalue weighted by Gasteiger charge is 2.07. The lowest BCUT2D eigenvalue weighted by Gasteiger charge is -2.00. The van der Waals surface area contributed by atoms with Crippen LogP contribution in [0.3, 0.4) is 0 Å². The van der Waals surface area contributed by atoms with Crippen molar-refractivity contribution in [2.24, 2.45) is 0 Å². The van der Waals surface area contributed by atoms with Crippen LogP contribution in [0, 0.1) is 0 Å². The topological polar surface area (TPSA) is 41.6 Å². The van der Waals surface area contributed by atoms with Gasteiger partial charge in [-0.25, -0.2) is 0 Å². The van der Waals surface area contributed by atoms with E-state index >= 15 is 0 Å². The van der Waals surface area contributed by atoms with E-state index in [-0.39, 0.29) is 0 Å². The van der Waals surface area contributed by atoms with Gasteiger partial charge in [-0.1, -0.05) is 33.7 Å². The summed E-state index contributed by atoms with van der Waals surface area (Å²) in [5.41, 5.74) is 3.34. The fourth-order valence-electron chi connectivity index (χ4n) is 1.37. The van der Waals surface area contributed by atoms with Gasteiger partial charge in [0.25, 0.3) is 0 Å². The van der Waals surface area contributed by atoms with E-state index in [0.29, 0.717) is 0 Å². The Balaban J connectivity index is 2.40. The fraction of sp³-hybridized carbons (Fsp3) is 0.200. The second kappa shape index (κ2) is 3.92. The Morgan fingerprint density at radius 2 is 2.29 bits per heavy atom. The largest absolute Gasteiger partial charge is 0.197 e. The molecule has 0 radical (unpaired) electrons. The van der Waals surface area contributed by atoms with Gasteiger partial charge in [-0.2, -0.15) is 15.4 Å². The van der Waals surface area contributed by atoms with E-state index < -0.39 is 0 Å². The molecule has 1 aromatic heterocycles. The number of hydrogen-bond donors (Lipinski definition) is 1. The van der Waals surface area contributed by atoms with Crippen LogP contribution in [0.2, 0.25) is 0 Å². The van der Waals surface area contributed by atoms with Crippen molar-refractivity contribution < 1.29 is 0 Å². The van der Waals surface area contributed by atoms with Crippen LogP contribution in [0.15, 0.2) is 34.5 Å². The lowest BCUT2D eigenvalue weighted by Crippen LogP contribution is -1.85. The molecule has 0 unspecified atom stereocenters. The van der Waals surface area contributed by atoms with Crippen LogP contribution in [-0.4, -0.2) is 15.4 Å². The molecule has 4 heteroatoms. The monoisotopic (exact) mass is 251 g/mol. The number of halogens is 1.